The Balaban J connectivity index is -0.000000513. The van der Waals surface area contributed by atoms with Crippen LogP contribution < -0.4 is 77.8 Å². The van der Waals surface area contributed by atoms with Crippen molar-refractivity contribution in [2.24, 2.45) is 14.1 Å². The van der Waals surface area contributed by atoms with Crippen molar-refractivity contribution in [1.29, 1.82) is 0 Å². The molecular formula is C66H75Br6ClIMgN8NaO13. The molecule has 6 aromatic rings. The van der Waals surface area contributed by atoms with Gasteiger partial charge in [-0.05, 0) is 182 Å². The van der Waals surface area contributed by atoms with Crippen molar-refractivity contribution >= 4 is 173 Å². The minimum atomic E-state index is -1.03. The molecule has 0 atom stereocenters. The van der Waals surface area contributed by atoms with E-state index < -0.39 is 21.0 Å². The Morgan fingerprint density at radius 3 is 1.46 bits per heavy atom. The number of aryl methyl sites for hydroxylation is 2. The van der Waals surface area contributed by atoms with Crippen molar-refractivity contribution < 1.29 is 86.3 Å². The number of aromatic nitrogens is 6. The second-order valence-electron chi connectivity index (χ2n) is 20.7. The summed E-state index contributed by atoms with van der Waals surface area (Å²) in [5.41, 5.74) is 11.7. The van der Waals surface area contributed by atoms with E-state index in [1.807, 2.05) is 38.0 Å². The number of H-pyrrole nitrogens is 1. The zero-order valence-corrected chi connectivity index (χ0v) is 72.7. The summed E-state index contributed by atoms with van der Waals surface area (Å²) in [7, 11) is 8.25. The number of nitro groups is 2. The van der Waals surface area contributed by atoms with Gasteiger partial charge < -0.3 is 67.1 Å². The first-order valence-electron chi connectivity index (χ1n) is 27.3. The fraction of sp³-hybridized carbons (Fsp3) is 0.333. The van der Waals surface area contributed by atoms with Crippen LogP contribution in [0, 0.1) is 50.5 Å². The van der Waals surface area contributed by atoms with Crippen molar-refractivity contribution in [3.63, 3.8) is 0 Å². The third kappa shape index (κ3) is 33.6. The van der Waals surface area contributed by atoms with Crippen LogP contribution >= 0.6 is 114 Å². The second-order valence-corrected chi connectivity index (χ2v) is 25.4. The summed E-state index contributed by atoms with van der Waals surface area (Å²) in [6.07, 6.45) is 28.7. The Morgan fingerprint density at radius 1 is 0.680 bits per heavy atom. The molecule has 0 saturated carbocycles. The first-order chi connectivity index (χ1) is 44.0. The minimum absolute atomic E-state index is 0. The van der Waals surface area contributed by atoms with E-state index in [4.69, 9.17) is 38.1 Å². The summed E-state index contributed by atoms with van der Waals surface area (Å²) in [6.45, 7) is 19.6. The van der Waals surface area contributed by atoms with E-state index in [0.29, 0.717) is 15.4 Å². The largest absolute Gasteiger partial charge is 2.00 e. The van der Waals surface area contributed by atoms with E-state index in [1.54, 1.807) is 83.5 Å². The van der Waals surface area contributed by atoms with Crippen molar-refractivity contribution in [3.05, 3.63) is 213 Å². The average Bonchev–Trinajstić information content (AvgIpc) is 1.71. The van der Waals surface area contributed by atoms with E-state index in [1.165, 1.54) is 65.1 Å². The summed E-state index contributed by atoms with van der Waals surface area (Å²) in [4.78, 5) is 70.6. The fourth-order valence-corrected chi connectivity index (χ4v) is 10.4. The predicted molar refractivity (Wildman–Crippen MR) is 405 cm³/mol. The number of aromatic amines is 1. The molecule has 6 aromatic heterocycles. The van der Waals surface area contributed by atoms with Crippen LogP contribution in [0.1, 0.15) is 112 Å². The van der Waals surface area contributed by atoms with Gasteiger partial charge in [0.1, 0.15) is 11.2 Å². The average molecular weight is 1880 g/mol. The number of ether oxygens (including phenoxy) is 2. The first kappa shape index (κ1) is 99.4. The molecule has 4 aliphatic carbocycles. The summed E-state index contributed by atoms with van der Waals surface area (Å²) >= 11 is 24.0. The Bertz CT molecular complexity index is 4080. The fourth-order valence-electron chi connectivity index (χ4n) is 8.03. The maximum Gasteiger partial charge on any atom is 2.00 e. The molecule has 97 heavy (non-hydrogen) atoms. The number of pyridine rings is 6. The molecule has 0 aliphatic heterocycles. The number of fused-ring (bicyclic) bond motifs is 4. The molecule has 31 heteroatoms. The number of aliphatic hydroxyl groups excluding tert-OH is 1. The van der Waals surface area contributed by atoms with Gasteiger partial charge in [0, 0.05) is 126 Å². The third-order valence-electron chi connectivity index (χ3n) is 11.9. The topological polar surface area (TPSA) is 304 Å². The molecule has 6 heterocycles. The van der Waals surface area contributed by atoms with Gasteiger partial charge in [0.15, 0.2) is 0 Å². The molecule has 4 aliphatic rings. The van der Waals surface area contributed by atoms with Gasteiger partial charge in [-0.25, -0.2) is 15.0 Å². The van der Waals surface area contributed by atoms with Crippen molar-refractivity contribution in [2.75, 3.05) is 33.4 Å². The van der Waals surface area contributed by atoms with Crippen LogP contribution in [-0.2, 0) is 39.8 Å². The molecule has 21 nitrogen and oxygen atoms in total. The Labute approximate surface area is 675 Å². The summed E-state index contributed by atoms with van der Waals surface area (Å²) in [6, 6.07) is 2.64. The molecular weight excluding hydrogens is 1800 g/mol. The normalized spacial score (nSPS) is 11.3. The molecule has 0 saturated heterocycles. The number of hydrogen-bond acceptors (Lipinski definition) is 16. The number of methoxy groups -OCH3 is 2. The van der Waals surface area contributed by atoms with Gasteiger partial charge in [0.05, 0.1) is 24.1 Å². The number of nitrogens with one attached hydrogen (secondary N) is 1. The van der Waals surface area contributed by atoms with Crippen molar-refractivity contribution in [3.8, 4) is 35.9 Å². The SMILES string of the molecule is C#CC(C)(C)O.C=[C-]C.CC1=Cc2c(Br)c[nH]c(=O)c2C1.CC1=Cc2c(Br)cn(C)c(=O)c2C1.CC1=Cc2c(C#CC(C)(C)O)cn(C)c(=O)c2C1.CI.CO.COc1ncc(Br)c2c1CC(C)=C2.COc1ncc(Br)cc1[N+](=O)[O-].C[O-].O=[N+]([O-])c1cc(Br)cnc1Cl.[Br-].[Mg+2].[Na+]. The van der Waals surface area contributed by atoms with E-state index in [0.717, 1.165) is 91.7 Å². The first-order valence-corrected chi connectivity index (χ1v) is 33.8. The number of nitrogens with zero attached hydrogens (tertiary/aromatic N) is 7. The van der Waals surface area contributed by atoms with Gasteiger partial charge in [0.25, 0.3) is 22.6 Å². The van der Waals surface area contributed by atoms with Crippen LogP contribution in [0.15, 0.2) is 115 Å². The monoisotopic (exact) mass is 1870 g/mol. The van der Waals surface area contributed by atoms with Crippen LogP contribution in [0.4, 0.5) is 11.4 Å². The Hall–Kier alpha value is -3.97. The summed E-state index contributed by atoms with van der Waals surface area (Å²) < 4.78 is 17.2. The molecule has 0 unspecified atom stereocenters. The van der Waals surface area contributed by atoms with Crippen molar-refractivity contribution in [2.45, 2.75) is 99.2 Å². The third-order valence-corrected chi connectivity index (χ3v) is 15.0. The predicted octanol–water partition coefficient (Wildman–Crippen LogP) is 7.30. The van der Waals surface area contributed by atoms with Crippen LogP contribution in [0.5, 0.6) is 11.8 Å². The van der Waals surface area contributed by atoms with Gasteiger partial charge in [0.2, 0.25) is 11.0 Å². The molecule has 0 bridgehead atoms. The summed E-state index contributed by atoms with van der Waals surface area (Å²) in [5.74, 6) is 8.68. The van der Waals surface area contributed by atoms with E-state index in [2.05, 4.69) is 182 Å². The molecule has 0 radical (unpaired) electrons. The Morgan fingerprint density at radius 2 is 1.05 bits per heavy atom. The molecule has 0 fully saturated rings. The maximum absolute atomic E-state index is 12.0. The smallest absolute Gasteiger partial charge is 1.00 e. The second kappa shape index (κ2) is 49.6. The minimum Gasteiger partial charge on any atom is -1.00 e. The molecule has 4 N–H and O–H groups in total. The van der Waals surface area contributed by atoms with Gasteiger partial charge in [-0.2, -0.15) is 14.0 Å². The number of allylic oxidation sites excluding steroid dienone is 5. The Kier molecular flexibility index (Phi) is 50.8. The van der Waals surface area contributed by atoms with Gasteiger partial charge in [-0.1, -0.05) is 98.5 Å². The van der Waals surface area contributed by atoms with Crippen LogP contribution in [-0.4, -0.2) is 122 Å². The van der Waals surface area contributed by atoms with Crippen molar-refractivity contribution in [1.82, 2.24) is 29.1 Å². The van der Waals surface area contributed by atoms with Crippen LogP contribution in [0.2, 0.25) is 5.15 Å². The standard InChI is InChI=1S/C15H17NO2.2C10H10BrNO.C9H8BrNO.C6H5BrN2O3.C5H2BrClN2O2.C5H8O.C3H5.CH3I.CH4O.CH3O.BrH.Mg.Na/c1-10-7-12-11(5-6-15(2,3)18)9-16(4)14(17)13(12)8-10;1-6-3-7-8(4-6)10(13-2)12-5-9(7)11;1-6-3-7-8(4-6)10(13)12(2)5-9(7)11;1-5-2-6-7(3-5)9(12)11-4-8(6)10;1-12-6-5(9(10)11)2-4(7)3-8-6;6-3-1-4(9(10)11)5(7)8-2-3;1-4-5(2,3)6;1-3-2;3*1-2;;;/h7,9,18H,8H2,1-4H3;2*3,5H,4H2,1-2H3;2,4H,3H2,1H3,(H,11,12);2-3H,1H3;1-2H;1,6H,2-3H3;1H2,2H3;1H3;2H,1H3;1H3;1H;;/q;;;;;;;-1;;;-1;;+2;+1/p-1. The number of aliphatic hydroxyl groups is 3. The number of halogens is 8. The molecule has 0 spiro atoms. The number of rotatable bonds is 4. The zero-order valence-electron chi connectivity index (χ0n) is 56.8. The van der Waals surface area contributed by atoms with Gasteiger partial charge in [-0.3, -0.25) is 41.2 Å². The maximum atomic E-state index is 12.0. The molecule has 0 amide bonds. The molecule has 0 aromatic carbocycles. The van der Waals surface area contributed by atoms with Crippen LogP contribution in [0.25, 0.3) is 24.3 Å². The number of terminal acetylenes is 1. The quantitative estimate of drug-likeness (QED) is 0.0197. The number of alkyl halides is 1. The number of hydrogen-bond donors (Lipinski definition) is 4. The van der Waals surface area contributed by atoms with E-state index >= 15 is 0 Å². The van der Waals surface area contributed by atoms with Crippen LogP contribution in [0.3, 0.4) is 0 Å². The molecule has 516 valence electrons. The van der Waals surface area contributed by atoms with E-state index in [9.17, 15) is 39.7 Å². The zero-order chi connectivity index (χ0) is 72.7. The van der Waals surface area contributed by atoms with Gasteiger partial charge in [-0.15, -0.1) is 6.42 Å². The van der Waals surface area contributed by atoms with Gasteiger partial charge >= 0.3 is 64.0 Å². The summed E-state index contributed by atoms with van der Waals surface area (Å²) in [5, 5.41) is 54.0. The molecule has 10 rings (SSSR count). The van der Waals surface area contributed by atoms with E-state index in [-0.39, 0.29) is 109 Å².